The van der Waals surface area contributed by atoms with Gasteiger partial charge in [-0.2, -0.15) is 0 Å². The molecule has 1 aromatic heterocycles. The zero-order chi connectivity index (χ0) is 22.9. The van der Waals surface area contributed by atoms with E-state index in [1.807, 2.05) is 53.4 Å². The van der Waals surface area contributed by atoms with E-state index in [0.717, 1.165) is 46.5 Å². The molecule has 33 heavy (non-hydrogen) atoms. The van der Waals surface area contributed by atoms with Gasteiger partial charge in [0.25, 0.3) is 5.91 Å². The molecule has 2 heterocycles. The normalized spacial score (nSPS) is 14.0. The number of carbonyl (C=O) groups excluding carboxylic acids is 1. The maximum absolute atomic E-state index is 13.1. The fourth-order valence-electron chi connectivity index (χ4n) is 4.52. The highest BCUT2D eigenvalue weighted by molar-refractivity contribution is 5.98. The van der Waals surface area contributed by atoms with Gasteiger partial charge >= 0.3 is 0 Å². The molecule has 4 aromatic rings. The van der Waals surface area contributed by atoms with E-state index in [2.05, 4.69) is 54.1 Å². The van der Waals surface area contributed by atoms with Gasteiger partial charge in [-0.3, -0.25) is 4.79 Å². The Bertz CT molecular complexity index is 1320. The topological polar surface area (TPSA) is 49.3 Å². The van der Waals surface area contributed by atoms with E-state index >= 15 is 0 Å². The molecule has 0 N–H and O–H groups in total. The zero-order valence-corrected chi connectivity index (χ0v) is 19.4. The second-order valence-corrected chi connectivity index (χ2v) is 8.87. The molecule has 5 heteroatoms. The molecule has 1 aliphatic heterocycles. The van der Waals surface area contributed by atoms with Gasteiger partial charge in [-0.15, -0.1) is 10.2 Å². The molecule has 0 atom stereocenters. The molecule has 0 aliphatic carbocycles. The predicted molar refractivity (Wildman–Crippen MR) is 134 cm³/mol. The van der Waals surface area contributed by atoms with Crippen LogP contribution in [-0.4, -0.2) is 47.2 Å². The summed E-state index contributed by atoms with van der Waals surface area (Å²) in [6.45, 7) is 9.20. The van der Waals surface area contributed by atoms with Gasteiger partial charge < -0.3 is 9.80 Å². The SMILES string of the molecule is Cc1cc(C)c(-c2ccc(N3CCN(C(=O)c4ccc5ccccc5c4)CC3)nn2)cc1C. The third kappa shape index (κ3) is 4.19. The van der Waals surface area contributed by atoms with E-state index in [4.69, 9.17) is 0 Å². The lowest BCUT2D eigenvalue weighted by molar-refractivity contribution is 0.0746. The van der Waals surface area contributed by atoms with Crippen molar-refractivity contribution >= 4 is 22.5 Å². The third-order valence-electron chi connectivity index (χ3n) is 6.65. The monoisotopic (exact) mass is 436 g/mol. The fourth-order valence-corrected chi connectivity index (χ4v) is 4.52. The van der Waals surface area contributed by atoms with Crippen LogP contribution in [0.3, 0.4) is 0 Å². The number of amides is 1. The quantitative estimate of drug-likeness (QED) is 0.444. The van der Waals surface area contributed by atoms with Crippen LogP contribution in [0.15, 0.2) is 66.7 Å². The summed E-state index contributed by atoms with van der Waals surface area (Å²) in [4.78, 5) is 17.2. The molecule has 1 aliphatic rings. The highest BCUT2D eigenvalue weighted by Gasteiger charge is 2.23. The molecule has 0 spiro atoms. The number of anilines is 1. The fraction of sp³-hybridized carbons (Fsp3) is 0.250. The Balaban J connectivity index is 1.26. The average molecular weight is 437 g/mol. The van der Waals surface area contributed by atoms with E-state index in [9.17, 15) is 4.79 Å². The molecule has 1 fully saturated rings. The first-order chi connectivity index (χ1) is 16.0. The van der Waals surface area contributed by atoms with Gasteiger partial charge in [-0.05, 0) is 78.6 Å². The van der Waals surface area contributed by atoms with Gasteiger partial charge in [0.15, 0.2) is 5.82 Å². The second kappa shape index (κ2) is 8.66. The van der Waals surface area contributed by atoms with Crippen LogP contribution in [0.1, 0.15) is 27.0 Å². The number of aryl methyl sites for hydroxylation is 3. The molecule has 5 nitrogen and oxygen atoms in total. The van der Waals surface area contributed by atoms with Crippen molar-refractivity contribution in [1.82, 2.24) is 15.1 Å². The first kappa shape index (κ1) is 21.1. The van der Waals surface area contributed by atoms with E-state index in [0.29, 0.717) is 13.1 Å². The highest BCUT2D eigenvalue weighted by Crippen LogP contribution is 2.26. The van der Waals surface area contributed by atoms with Crippen LogP contribution < -0.4 is 4.90 Å². The van der Waals surface area contributed by atoms with E-state index < -0.39 is 0 Å². The molecular formula is C28H28N4O. The van der Waals surface area contributed by atoms with Crippen LogP contribution in [0.5, 0.6) is 0 Å². The number of benzene rings is 3. The predicted octanol–water partition coefficient (Wildman–Crippen LogP) is 5.18. The van der Waals surface area contributed by atoms with Gasteiger partial charge in [0.2, 0.25) is 0 Å². The van der Waals surface area contributed by atoms with Crippen LogP contribution in [0, 0.1) is 20.8 Å². The van der Waals surface area contributed by atoms with Gasteiger partial charge in [0.05, 0.1) is 5.69 Å². The van der Waals surface area contributed by atoms with E-state index in [1.165, 1.54) is 16.7 Å². The average Bonchev–Trinajstić information content (AvgIpc) is 2.86. The van der Waals surface area contributed by atoms with Crippen molar-refractivity contribution < 1.29 is 4.79 Å². The number of hydrogen-bond acceptors (Lipinski definition) is 4. The molecule has 0 radical (unpaired) electrons. The van der Waals surface area contributed by atoms with E-state index in [1.54, 1.807) is 0 Å². The van der Waals surface area contributed by atoms with Crippen molar-refractivity contribution in [3.63, 3.8) is 0 Å². The Morgan fingerprint density at radius 1 is 0.727 bits per heavy atom. The Labute approximate surface area is 194 Å². The zero-order valence-electron chi connectivity index (χ0n) is 19.4. The maximum Gasteiger partial charge on any atom is 0.253 e. The van der Waals surface area contributed by atoms with Crippen molar-refractivity contribution in [2.45, 2.75) is 20.8 Å². The summed E-state index contributed by atoms with van der Waals surface area (Å²) in [6, 6.07) is 22.5. The minimum absolute atomic E-state index is 0.0899. The Hall–Kier alpha value is -3.73. The number of fused-ring (bicyclic) bond motifs is 1. The number of aromatic nitrogens is 2. The van der Waals surface area contributed by atoms with Crippen molar-refractivity contribution in [2.75, 3.05) is 31.1 Å². The molecule has 0 bridgehead atoms. The maximum atomic E-state index is 13.1. The minimum Gasteiger partial charge on any atom is -0.352 e. The molecule has 166 valence electrons. The number of carbonyl (C=O) groups is 1. The summed E-state index contributed by atoms with van der Waals surface area (Å²) in [5, 5.41) is 11.3. The summed E-state index contributed by atoms with van der Waals surface area (Å²) < 4.78 is 0. The van der Waals surface area contributed by atoms with E-state index in [-0.39, 0.29) is 5.91 Å². The smallest absolute Gasteiger partial charge is 0.253 e. The van der Waals surface area contributed by atoms with Crippen LogP contribution >= 0.6 is 0 Å². The molecule has 1 amide bonds. The number of nitrogens with zero attached hydrogens (tertiary/aromatic N) is 4. The molecule has 0 saturated carbocycles. The van der Waals surface area contributed by atoms with Gasteiger partial charge in [-0.25, -0.2) is 0 Å². The summed E-state index contributed by atoms with van der Waals surface area (Å²) in [6.07, 6.45) is 0. The summed E-state index contributed by atoms with van der Waals surface area (Å²) >= 11 is 0. The Morgan fingerprint density at radius 3 is 2.18 bits per heavy atom. The molecule has 1 saturated heterocycles. The Kier molecular flexibility index (Phi) is 5.55. The van der Waals surface area contributed by atoms with Crippen LogP contribution in [-0.2, 0) is 0 Å². The van der Waals surface area contributed by atoms with Crippen LogP contribution in [0.25, 0.3) is 22.0 Å². The number of rotatable bonds is 3. The lowest BCUT2D eigenvalue weighted by Crippen LogP contribution is -2.49. The summed E-state index contributed by atoms with van der Waals surface area (Å²) in [7, 11) is 0. The largest absolute Gasteiger partial charge is 0.352 e. The number of piperazine rings is 1. The summed E-state index contributed by atoms with van der Waals surface area (Å²) in [5.74, 6) is 0.949. The van der Waals surface area contributed by atoms with Crippen molar-refractivity contribution in [1.29, 1.82) is 0 Å². The molecular weight excluding hydrogens is 408 g/mol. The van der Waals surface area contributed by atoms with Crippen LogP contribution in [0.4, 0.5) is 5.82 Å². The van der Waals surface area contributed by atoms with Crippen molar-refractivity contribution in [2.24, 2.45) is 0 Å². The Morgan fingerprint density at radius 2 is 1.45 bits per heavy atom. The van der Waals surface area contributed by atoms with Crippen LogP contribution in [0.2, 0.25) is 0 Å². The lowest BCUT2D eigenvalue weighted by atomic mass is 9.99. The van der Waals surface area contributed by atoms with Gasteiger partial charge in [0, 0.05) is 37.3 Å². The van der Waals surface area contributed by atoms with Crippen molar-refractivity contribution in [3.8, 4) is 11.3 Å². The lowest BCUT2D eigenvalue weighted by Gasteiger charge is -2.35. The summed E-state index contributed by atoms with van der Waals surface area (Å²) in [5.41, 5.74) is 6.52. The highest BCUT2D eigenvalue weighted by atomic mass is 16.2. The molecule has 0 unspecified atom stereocenters. The van der Waals surface area contributed by atoms with Crippen molar-refractivity contribution in [3.05, 3.63) is 89.0 Å². The first-order valence-electron chi connectivity index (χ1n) is 11.4. The standard InChI is InChI=1S/C28H28N4O/c1-19-16-21(3)25(17-20(19)2)26-10-11-27(30-29-26)31-12-14-32(15-13-31)28(33)24-9-8-22-6-4-5-7-23(22)18-24/h4-11,16-18H,12-15H2,1-3H3. The first-order valence-corrected chi connectivity index (χ1v) is 11.4. The second-order valence-electron chi connectivity index (χ2n) is 8.87. The van der Waals surface area contributed by atoms with Gasteiger partial charge in [0.1, 0.15) is 0 Å². The van der Waals surface area contributed by atoms with Gasteiger partial charge in [-0.1, -0.05) is 36.4 Å². The molecule has 5 rings (SSSR count). The number of hydrogen-bond donors (Lipinski definition) is 0. The molecule has 3 aromatic carbocycles. The minimum atomic E-state index is 0.0899. The third-order valence-corrected chi connectivity index (χ3v) is 6.65.